The summed E-state index contributed by atoms with van der Waals surface area (Å²) in [6.45, 7) is 3.35. The Balaban J connectivity index is 2.02. The Morgan fingerprint density at radius 3 is 2.81 bits per heavy atom. The molecule has 110 valence electrons. The second-order valence-corrected chi connectivity index (χ2v) is 5.94. The van der Waals surface area contributed by atoms with Crippen LogP contribution in [-0.2, 0) is 4.79 Å². The highest BCUT2D eigenvalue weighted by Gasteiger charge is 2.18. The van der Waals surface area contributed by atoms with Crippen LogP contribution >= 0.6 is 11.8 Å². The van der Waals surface area contributed by atoms with Crippen molar-refractivity contribution in [2.45, 2.75) is 24.1 Å². The maximum atomic E-state index is 13.4. The van der Waals surface area contributed by atoms with Crippen LogP contribution in [0.15, 0.2) is 47.6 Å². The van der Waals surface area contributed by atoms with Crippen molar-refractivity contribution < 1.29 is 13.9 Å². The minimum Gasteiger partial charge on any atom is -0.618 e. The van der Waals surface area contributed by atoms with Crippen molar-refractivity contribution in [3.8, 4) is 0 Å². The molecule has 2 rings (SSSR count). The lowest BCUT2D eigenvalue weighted by Crippen LogP contribution is -2.30. The van der Waals surface area contributed by atoms with Crippen LogP contribution in [0.3, 0.4) is 0 Å². The summed E-state index contributed by atoms with van der Waals surface area (Å²) in [6.07, 6.45) is 1.38. The number of benzene rings is 1. The fourth-order valence-corrected chi connectivity index (χ4v) is 2.50. The number of anilines is 1. The van der Waals surface area contributed by atoms with Gasteiger partial charge in [0.15, 0.2) is 6.20 Å². The van der Waals surface area contributed by atoms with Gasteiger partial charge in [-0.15, -0.1) is 0 Å². The first-order valence-corrected chi connectivity index (χ1v) is 7.27. The van der Waals surface area contributed by atoms with E-state index >= 15 is 0 Å². The molecule has 0 unspecified atom stereocenters. The van der Waals surface area contributed by atoms with E-state index in [-0.39, 0.29) is 11.7 Å². The maximum absolute atomic E-state index is 13.4. The summed E-state index contributed by atoms with van der Waals surface area (Å²) in [6, 6.07) is 9.52. The van der Waals surface area contributed by atoms with Crippen LogP contribution < -0.4 is 10.0 Å². The summed E-state index contributed by atoms with van der Waals surface area (Å²) in [5, 5.41) is 14.1. The third-order valence-electron chi connectivity index (χ3n) is 2.89. The number of amides is 1. The van der Waals surface area contributed by atoms with Gasteiger partial charge in [-0.05, 0) is 49.4 Å². The largest absolute Gasteiger partial charge is 0.618 e. The second kappa shape index (κ2) is 6.58. The van der Waals surface area contributed by atoms with Gasteiger partial charge in [-0.3, -0.25) is 4.79 Å². The third kappa shape index (κ3) is 3.95. The molecule has 0 radical (unpaired) electrons. The summed E-state index contributed by atoms with van der Waals surface area (Å²) in [4.78, 5) is 12.1. The third-order valence-corrected chi connectivity index (χ3v) is 4.02. The molecule has 0 saturated carbocycles. The summed E-state index contributed by atoms with van der Waals surface area (Å²) < 4.78 is 14.1. The Bertz CT molecular complexity index is 664. The molecule has 1 aromatic carbocycles. The maximum Gasteiger partial charge on any atom is 0.252 e. The van der Waals surface area contributed by atoms with Crippen LogP contribution in [0.1, 0.15) is 12.5 Å². The molecule has 0 aliphatic carbocycles. The molecule has 6 heteroatoms. The van der Waals surface area contributed by atoms with Gasteiger partial charge in [-0.2, -0.15) is 4.73 Å². The highest BCUT2D eigenvalue weighted by atomic mass is 32.2. The quantitative estimate of drug-likeness (QED) is 0.537. The Labute approximate surface area is 126 Å². The number of rotatable bonds is 4. The van der Waals surface area contributed by atoms with E-state index in [1.54, 1.807) is 44.2 Å². The number of carbonyl (C=O) groups is 1. The van der Waals surface area contributed by atoms with E-state index in [0.29, 0.717) is 21.0 Å². The molecule has 0 bridgehead atoms. The van der Waals surface area contributed by atoms with E-state index in [9.17, 15) is 14.4 Å². The van der Waals surface area contributed by atoms with E-state index in [2.05, 4.69) is 5.32 Å². The first kappa shape index (κ1) is 15.3. The predicted octanol–water partition coefficient (Wildman–Crippen LogP) is 2.89. The van der Waals surface area contributed by atoms with Gasteiger partial charge in [0.05, 0.1) is 5.25 Å². The number of nitrogens with zero attached hydrogens (tertiary/aromatic N) is 1. The SMILES string of the molecule is Cc1ccc(NC(=O)[C@H](C)Sc2cccc[n+]2[O-])cc1F. The van der Waals surface area contributed by atoms with Gasteiger partial charge in [0.25, 0.3) is 5.03 Å². The molecule has 0 fully saturated rings. The second-order valence-electron chi connectivity index (χ2n) is 4.58. The van der Waals surface area contributed by atoms with E-state index in [0.717, 1.165) is 11.8 Å². The average molecular weight is 306 g/mol. The molecule has 1 aromatic heterocycles. The number of hydrogen-bond acceptors (Lipinski definition) is 3. The smallest absolute Gasteiger partial charge is 0.252 e. The fourth-order valence-electron chi connectivity index (χ4n) is 1.65. The minimum atomic E-state index is -0.475. The zero-order valence-electron chi connectivity index (χ0n) is 11.7. The van der Waals surface area contributed by atoms with Crippen LogP contribution in [0.4, 0.5) is 10.1 Å². The molecule has 2 aromatic rings. The van der Waals surface area contributed by atoms with Crippen LogP contribution in [0.5, 0.6) is 0 Å². The predicted molar refractivity (Wildman–Crippen MR) is 80.5 cm³/mol. The van der Waals surface area contributed by atoms with Gasteiger partial charge >= 0.3 is 0 Å². The first-order chi connectivity index (χ1) is 9.97. The van der Waals surface area contributed by atoms with E-state index in [1.807, 2.05) is 0 Å². The molecule has 0 aliphatic rings. The van der Waals surface area contributed by atoms with E-state index in [4.69, 9.17) is 0 Å². The highest BCUT2D eigenvalue weighted by Crippen LogP contribution is 2.21. The monoisotopic (exact) mass is 306 g/mol. The zero-order chi connectivity index (χ0) is 15.4. The highest BCUT2D eigenvalue weighted by molar-refractivity contribution is 8.00. The summed E-state index contributed by atoms with van der Waals surface area (Å²) >= 11 is 1.15. The molecular formula is C15H15FN2O2S. The van der Waals surface area contributed by atoms with Crippen LogP contribution in [-0.4, -0.2) is 11.2 Å². The van der Waals surface area contributed by atoms with Gasteiger partial charge in [0, 0.05) is 17.8 Å². The van der Waals surface area contributed by atoms with Crippen LogP contribution in [0.2, 0.25) is 0 Å². The van der Waals surface area contributed by atoms with Gasteiger partial charge in [-0.1, -0.05) is 6.07 Å². The molecular weight excluding hydrogens is 291 g/mol. The molecule has 0 aliphatic heterocycles. The number of nitrogens with one attached hydrogen (secondary N) is 1. The fraction of sp³-hybridized carbons (Fsp3) is 0.200. The lowest BCUT2D eigenvalue weighted by Gasteiger charge is -2.12. The summed E-state index contributed by atoms with van der Waals surface area (Å²) in [5.74, 6) is -0.652. The molecule has 1 atom stereocenters. The standard InChI is InChI=1S/C15H15FN2O2S/c1-10-6-7-12(9-13(10)16)17-15(19)11(2)21-14-5-3-4-8-18(14)20/h3-9,11H,1-2H3,(H,17,19)/t11-/m0/s1. The zero-order valence-corrected chi connectivity index (χ0v) is 12.5. The first-order valence-electron chi connectivity index (χ1n) is 6.39. The molecule has 0 spiro atoms. The number of aryl methyl sites for hydroxylation is 1. The van der Waals surface area contributed by atoms with Gasteiger partial charge in [0.2, 0.25) is 5.91 Å². The normalized spacial score (nSPS) is 12.0. The van der Waals surface area contributed by atoms with Crippen molar-refractivity contribution in [1.82, 2.24) is 0 Å². The Morgan fingerprint density at radius 1 is 1.38 bits per heavy atom. The number of pyridine rings is 1. The average Bonchev–Trinajstić information content (AvgIpc) is 2.45. The molecule has 1 heterocycles. The van der Waals surface area contributed by atoms with E-state index < -0.39 is 5.25 Å². The topological polar surface area (TPSA) is 56.0 Å². The summed E-state index contributed by atoms with van der Waals surface area (Å²) in [7, 11) is 0. The van der Waals surface area contributed by atoms with E-state index in [1.165, 1.54) is 12.3 Å². The molecule has 1 N–H and O–H groups in total. The van der Waals surface area contributed by atoms with Crippen molar-refractivity contribution in [2.75, 3.05) is 5.32 Å². The van der Waals surface area contributed by atoms with Crippen molar-refractivity contribution in [1.29, 1.82) is 0 Å². The summed E-state index contributed by atoms with van der Waals surface area (Å²) in [5.41, 5.74) is 0.922. The number of hydrogen-bond donors (Lipinski definition) is 1. The Morgan fingerprint density at radius 2 is 2.14 bits per heavy atom. The van der Waals surface area contributed by atoms with Crippen LogP contribution in [0.25, 0.3) is 0 Å². The molecule has 0 saturated heterocycles. The van der Waals surface area contributed by atoms with Crippen molar-refractivity contribution in [3.63, 3.8) is 0 Å². The van der Waals surface area contributed by atoms with Crippen molar-refractivity contribution >= 4 is 23.4 Å². The Hall–Kier alpha value is -2.08. The number of halogens is 1. The number of aromatic nitrogens is 1. The Kier molecular flexibility index (Phi) is 4.80. The lowest BCUT2D eigenvalue weighted by molar-refractivity contribution is -0.645. The van der Waals surface area contributed by atoms with Crippen molar-refractivity contribution in [3.05, 3.63) is 59.2 Å². The number of carbonyl (C=O) groups excluding carboxylic acids is 1. The van der Waals surface area contributed by atoms with Crippen molar-refractivity contribution in [2.24, 2.45) is 0 Å². The molecule has 21 heavy (non-hydrogen) atoms. The lowest BCUT2D eigenvalue weighted by atomic mass is 10.2. The molecule has 1 amide bonds. The molecule has 4 nitrogen and oxygen atoms in total. The van der Waals surface area contributed by atoms with Crippen LogP contribution in [0, 0.1) is 17.9 Å². The number of thioether (sulfide) groups is 1. The van der Waals surface area contributed by atoms with Gasteiger partial charge in [0.1, 0.15) is 5.82 Å². The minimum absolute atomic E-state index is 0.285. The van der Waals surface area contributed by atoms with Gasteiger partial charge < -0.3 is 10.5 Å². The van der Waals surface area contributed by atoms with Gasteiger partial charge in [-0.25, -0.2) is 4.39 Å².